The number of aliphatic carboxylic acids is 1. The van der Waals surface area contributed by atoms with Gasteiger partial charge in [-0.15, -0.1) is 11.3 Å². The molecule has 0 aromatic carbocycles. The number of carboxylic acids is 1. The number of nitrogens with zero attached hydrogens (tertiary/aromatic N) is 1. The molecule has 17 heavy (non-hydrogen) atoms. The minimum absolute atomic E-state index is 0.0369. The van der Waals surface area contributed by atoms with Gasteiger partial charge in [-0.1, -0.05) is 18.5 Å². The summed E-state index contributed by atoms with van der Waals surface area (Å²) < 4.78 is 0.732. The van der Waals surface area contributed by atoms with Crippen molar-refractivity contribution in [3.05, 3.63) is 21.3 Å². The average molecular weight is 276 g/mol. The van der Waals surface area contributed by atoms with Crippen molar-refractivity contribution in [3.8, 4) is 0 Å². The Hall–Kier alpha value is -0.580. The van der Waals surface area contributed by atoms with Crippen molar-refractivity contribution in [3.63, 3.8) is 0 Å². The molecule has 1 N–H and O–H groups in total. The van der Waals surface area contributed by atoms with Gasteiger partial charge in [-0.05, 0) is 44.3 Å². The number of carboxylic acid groups (broad SMARTS) is 1. The van der Waals surface area contributed by atoms with E-state index in [1.54, 1.807) is 13.8 Å². The molecule has 1 atom stereocenters. The Morgan fingerprint density at radius 1 is 1.65 bits per heavy atom. The molecule has 1 rings (SSSR count). The molecule has 1 aromatic rings. The number of rotatable bonds is 5. The topological polar surface area (TPSA) is 40.5 Å². The van der Waals surface area contributed by atoms with Crippen LogP contribution in [0, 0.1) is 0 Å². The van der Waals surface area contributed by atoms with Crippen molar-refractivity contribution in [1.29, 1.82) is 0 Å². The Morgan fingerprint density at radius 2 is 2.24 bits per heavy atom. The van der Waals surface area contributed by atoms with Crippen LogP contribution in [0.15, 0.2) is 11.4 Å². The van der Waals surface area contributed by atoms with Crippen molar-refractivity contribution >= 4 is 28.9 Å². The van der Waals surface area contributed by atoms with Gasteiger partial charge in [0.15, 0.2) is 0 Å². The van der Waals surface area contributed by atoms with E-state index in [9.17, 15) is 9.90 Å². The van der Waals surface area contributed by atoms with Crippen LogP contribution in [0.3, 0.4) is 0 Å². The molecular formula is C12H18ClNO2S. The maximum absolute atomic E-state index is 11.3. The highest BCUT2D eigenvalue weighted by molar-refractivity contribution is 7.14. The van der Waals surface area contributed by atoms with Gasteiger partial charge < -0.3 is 5.11 Å². The van der Waals surface area contributed by atoms with Gasteiger partial charge in [0.25, 0.3) is 0 Å². The standard InChI is InChI=1S/C12H18ClNO2S/c1-5-14(12(3,4)11(15)16)8(2)9-6-10(13)17-7-9/h6-8H,5H2,1-4H3,(H,15,16). The highest BCUT2D eigenvalue weighted by atomic mass is 35.5. The van der Waals surface area contributed by atoms with Gasteiger partial charge in [0.2, 0.25) is 0 Å². The molecule has 1 aromatic heterocycles. The summed E-state index contributed by atoms with van der Waals surface area (Å²) in [6.07, 6.45) is 0. The molecule has 0 bridgehead atoms. The summed E-state index contributed by atoms with van der Waals surface area (Å²) in [5.41, 5.74) is 0.180. The first kappa shape index (κ1) is 14.5. The number of hydrogen-bond acceptors (Lipinski definition) is 3. The summed E-state index contributed by atoms with van der Waals surface area (Å²) in [5.74, 6) is -0.812. The highest BCUT2D eigenvalue weighted by Crippen LogP contribution is 2.32. The molecule has 96 valence electrons. The Balaban J connectivity index is 2.99. The van der Waals surface area contributed by atoms with Crippen LogP contribution >= 0.6 is 22.9 Å². The Kier molecular flexibility index (Phi) is 4.58. The van der Waals surface area contributed by atoms with E-state index in [1.807, 2.05) is 30.2 Å². The van der Waals surface area contributed by atoms with Crippen LogP contribution < -0.4 is 0 Å². The monoisotopic (exact) mass is 275 g/mol. The first-order valence-corrected chi connectivity index (χ1v) is 6.80. The predicted octanol–water partition coefficient (Wildman–Crippen LogP) is 3.65. The second kappa shape index (κ2) is 5.38. The molecule has 0 radical (unpaired) electrons. The maximum Gasteiger partial charge on any atom is 0.323 e. The lowest BCUT2D eigenvalue weighted by Crippen LogP contribution is -2.50. The van der Waals surface area contributed by atoms with Crippen LogP contribution in [0.25, 0.3) is 0 Å². The van der Waals surface area contributed by atoms with Crippen LogP contribution in [0.1, 0.15) is 39.3 Å². The van der Waals surface area contributed by atoms with E-state index in [-0.39, 0.29) is 6.04 Å². The number of hydrogen-bond donors (Lipinski definition) is 1. The maximum atomic E-state index is 11.3. The number of carbonyl (C=O) groups is 1. The van der Waals surface area contributed by atoms with Crippen molar-refractivity contribution in [2.45, 2.75) is 39.3 Å². The van der Waals surface area contributed by atoms with Gasteiger partial charge in [-0.3, -0.25) is 9.69 Å². The van der Waals surface area contributed by atoms with E-state index in [0.717, 1.165) is 9.90 Å². The summed E-state index contributed by atoms with van der Waals surface area (Å²) in [4.78, 5) is 13.2. The second-order valence-electron chi connectivity index (χ2n) is 4.51. The Morgan fingerprint density at radius 3 is 2.59 bits per heavy atom. The lowest BCUT2D eigenvalue weighted by molar-refractivity contribution is -0.150. The summed E-state index contributed by atoms with van der Waals surface area (Å²) >= 11 is 7.38. The van der Waals surface area contributed by atoms with E-state index in [2.05, 4.69) is 0 Å². The third kappa shape index (κ3) is 3.00. The highest BCUT2D eigenvalue weighted by Gasteiger charge is 2.36. The zero-order valence-electron chi connectivity index (χ0n) is 10.5. The molecule has 5 heteroatoms. The van der Waals surface area contributed by atoms with Crippen molar-refractivity contribution in [2.24, 2.45) is 0 Å². The summed E-state index contributed by atoms with van der Waals surface area (Å²) in [6.45, 7) is 8.10. The SMILES string of the molecule is CCN(C(C)c1csc(Cl)c1)C(C)(C)C(=O)O. The van der Waals surface area contributed by atoms with Crippen molar-refractivity contribution < 1.29 is 9.90 Å². The van der Waals surface area contributed by atoms with Gasteiger partial charge in [0, 0.05) is 6.04 Å². The van der Waals surface area contributed by atoms with Crippen molar-refractivity contribution in [2.75, 3.05) is 6.54 Å². The molecule has 0 saturated heterocycles. The van der Waals surface area contributed by atoms with Crippen LogP contribution in [-0.2, 0) is 4.79 Å². The zero-order valence-corrected chi connectivity index (χ0v) is 12.1. The minimum Gasteiger partial charge on any atom is -0.480 e. The molecule has 3 nitrogen and oxygen atoms in total. The molecule has 1 unspecified atom stereocenters. The van der Waals surface area contributed by atoms with E-state index in [4.69, 9.17) is 11.6 Å². The normalized spacial score (nSPS) is 14.0. The van der Waals surface area contributed by atoms with Gasteiger partial charge in [0.1, 0.15) is 5.54 Å². The summed E-state index contributed by atoms with van der Waals surface area (Å²) in [7, 11) is 0. The third-order valence-electron chi connectivity index (χ3n) is 3.12. The lowest BCUT2D eigenvalue weighted by atomic mass is 9.98. The van der Waals surface area contributed by atoms with E-state index in [1.165, 1.54) is 11.3 Å². The Bertz CT molecular complexity index is 403. The van der Waals surface area contributed by atoms with Gasteiger partial charge >= 0.3 is 5.97 Å². The van der Waals surface area contributed by atoms with Gasteiger partial charge in [-0.2, -0.15) is 0 Å². The number of halogens is 1. The predicted molar refractivity (Wildman–Crippen MR) is 71.8 cm³/mol. The first-order chi connectivity index (χ1) is 7.80. The lowest BCUT2D eigenvalue weighted by Gasteiger charge is -2.38. The molecule has 0 aliphatic rings. The fraction of sp³-hybridized carbons (Fsp3) is 0.583. The van der Waals surface area contributed by atoms with Crippen LogP contribution in [0.5, 0.6) is 0 Å². The van der Waals surface area contributed by atoms with Crippen LogP contribution in [0.2, 0.25) is 4.34 Å². The van der Waals surface area contributed by atoms with Gasteiger partial charge in [0.05, 0.1) is 4.34 Å². The smallest absolute Gasteiger partial charge is 0.323 e. The third-order valence-corrected chi connectivity index (χ3v) is 4.23. The van der Waals surface area contributed by atoms with E-state index >= 15 is 0 Å². The largest absolute Gasteiger partial charge is 0.480 e. The molecule has 0 aliphatic carbocycles. The number of likely N-dealkylation sites (N-methyl/N-ethyl adjacent to an activating group) is 1. The quantitative estimate of drug-likeness (QED) is 0.892. The van der Waals surface area contributed by atoms with E-state index in [0.29, 0.717) is 6.54 Å². The summed E-state index contributed by atoms with van der Waals surface area (Å²) in [6, 6.07) is 1.94. The van der Waals surface area contributed by atoms with E-state index < -0.39 is 11.5 Å². The minimum atomic E-state index is -0.886. The number of thiophene rings is 1. The Labute approximate surface area is 111 Å². The zero-order chi connectivity index (χ0) is 13.2. The molecule has 0 amide bonds. The summed E-state index contributed by atoms with van der Waals surface area (Å²) in [5, 5.41) is 11.3. The molecule has 1 heterocycles. The average Bonchev–Trinajstić information content (AvgIpc) is 2.65. The molecular weight excluding hydrogens is 258 g/mol. The molecule has 0 spiro atoms. The second-order valence-corrected chi connectivity index (χ2v) is 6.05. The van der Waals surface area contributed by atoms with Gasteiger partial charge in [-0.25, -0.2) is 0 Å². The first-order valence-electron chi connectivity index (χ1n) is 5.54. The molecule has 0 saturated carbocycles. The van der Waals surface area contributed by atoms with Crippen molar-refractivity contribution in [1.82, 2.24) is 4.90 Å². The fourth-order valence-electron chi connectivity index (χ4n) is 2.00. The molecule has 0 aliphatic heterocycles. The van der Waals surface area contributed by atoms with Crippen LogP contribution in [0.4, 0.5) is 0 Å². The van der Waals surface area contributed by atoms with Crippen LogP contribution in [-0.4, -0.2) is 28.1 Å². The molecule has 0 fully saturated rings. The fourth-order valence-corrected chi connectivity index (χ4v) is 2.98.